The molecule has 5 rings (SSSR count). The van der Waals surface area contributed by atoms with Crippen LogP contribution < -0.4 is 10.2 Å². The maximum absolute atomic E-state index is 13.8. The third-order valence-electron chi connectivity index (χ3n) is 6.52. The van der Waals surface area contributed by atoms with Crippen LogP contribution in [0.4, 0.5) is 14.6 Å². The Hall–Kier alpha value is -2.00. The van der Waals surface area contributed by atoms with Crippen molar-refractivity contribution in [3.05, 3.63) is 24.2 Å². The monoisotopic (exact) mass is 392 g/mol. The van der Waals surface area contributed by atoms with Gasteiger partial charge in [0.1, 0.15) is 11.5 Å². The summed E-state index contributed by atoms with van der Waals surface area (Å²) in [6, 6.07) is 2.05. The summed E-state index contributed by atoms with van der Waals surface area (Å²) in [6.45, 7) is 4.88. The number of ether oxygens (including phenoxy) is 1. The van der Waals surface area contributed by atoms with Crippen LogP contribution in [0.15, 0.2) is 18.5 Å². The van der Waals surface area contributed by atoms with Gasteiger partial charge in [0.05, 0.1) is 31.6 Å². The summed E-state index contributed by atoms with van der Waals surface area (Å²) in [5.41, 5.74) is 0.625. The van der Waals surface area contributed by atoms with Gasteiger partial charge in [0.25, 0.3) is 6.43 Å². The summed E-state index contributed by atoms with van der Waals surface area (Å²) in [6.07, 6.45) is 5.02. The molecule has 2 saturated heterocycles. The van der Waals surface area contributed by atoms with E-state index in [0.717, 1.165) is 57.7 Å². The van der Waals surface area contributed by atoms with Crippen molar-refractivity contribution in [3.63, 3.8) is 0 Å². The van der Waals surface area contributed by atoms with E-state index in [0.29, 0.717) is 24.3 Å². The maximum atomic E-state index is 13.8. The third kappa shape index (κ3) is 3.10. The highest BCUT2D eigenvalue weighted by Gasteiger charge is 2.41. The van der Waals surface area contributed by atoms with Gasteiger partial charge in [-0.1, -0.05) is 0 Å². The molecule has 1 N–H and O–H groups in total. The molecule has 2 aromatic heterocycles. The summed E-state index contributed by atoms with van der Waals surface area (Å²) < 4.78 is 36.4. The Balaban J connectivity index is 1.43. The van der Waals surface area contributed by atoms with Gasteiger partial charge in [-0.2, -0.15) is 10.2 Å². The van der Waals surface area contributed by atoms with E-state index in [1.807, 2.05) is 6.07 Å². The van der Waals surface area contributed by atoms with Gasteiger partial charge in [-0.15, -0.1) is 0 Å². The highest BCUT2D eigenvalue weighted by molar-refractivity contribution is 5.48. The molecule has 0 aromatic carbocycles. The van der Waals surface area contributed by atoms with Crippen molar-refractivity contribution < 1.29 is 13.5 Å². The minimum absolute atomic E-state index is 0.180. The number of nitrogens with one attached hydrogen (secondary N) is 1. The van der Waals surface area contributed by atoms with Crippen LogP contribution in [0.25, 0.3) is 5.69 Å². The van der Waals surface area contributed by atoms with E-state index in [2.05, 4.69) is 20.4 Å². The molecule has 0 atom stereocenters. The van der Waals surface area contributed by atoms with Crippen molar-refractivity contribution in [3.8, 4) is 5.69 Å². The second kappa shape index (κ2) is 7.11. The predicted molar refractivity (Wildman–Crippen MR) is 100 cm³/mol. The van der Waals surface area contributed by atoms with Gasteiger partial charge in [-0.25, -0.2) is 13.5 Å². The van der Waals surface area contributed by atoms with Crippen LogP contribution in [0.2, 0.25) is 0 Å². The van der Waals surface area contributed by atoms with Crippen LogP contribution in [-0.4, -0.2) is 59.0 Å². The van der Waals surface area contributed by atoms with Gasteiger partial charge in [0.15, 0.2) is 5.69 Å². The first-order valence-electron chi connectivity index (χ1n) is 10.1. The SMILES string of the molecule is FC(F)c1nn(C2CCC3(CC2)CNC3)cc1-n1nccc1N1CCOCC1. The first kappa shape index (κ1) is 18.1. The number of morpholine rings is 1. The molecule has 7 nitrogen and oxygen atoms in total. The van der Waals surface area contributed by atoms with Crippen molar-refractivity contribution in [1.82, 2.24) is 24.9 Å². The first-order valence-corrected chi connectivity index (χ1v) is 10.1. The number of rotatable bonds is 4. The zero-order valence-electron chi connectivity index (χ0n) is 15.9. The summed E-state index contributed by atoms with van der Waals surface area (Å²) in [5.74, 6) is 0.813. The minimum Gasteiger partial charge on any atom is -0.378 e. The topological polar surface area (TPSA) is 60.1 Å². The number of alkyl halides is 2. The van der Waals surface area contributed by atoms with E-state index in [4.69, 9.17) is 4.74 Å². The van der Waals surface area contributed by atoms with Crippen LogP contribution in [0.1, 0.15) is 43.8 Å². The van der Waals surface area contributed by atoms with E-state index in [9.17, 15) is 8.78 Å². The van der Waals surface area contributed by atoms with Crippen LogP contribution >= 0.6 is 0 Å². The molecule has 0 bridgehead atoms. The lowest BCUT2D eigenvalue weighted by atomic mass is 9.68. The molecule has 0 radical (unpaired) electrons. The lowest BCUT2D eigenvalue weighted by molar-refractivity contribution is 0.0803. The Bertz CT molecular complexity index is 814. The number of nitrogens with zero attached hydrogens (tertiary/aromatic N) is 5. The fraction of sp³-hybridized carbons (Fsp3) is 0.684. The maximum Gasteiger partial charge on any atom is 0.284 e. The average Bonchev–Trinajstić information content (AvgIpc) is 3.34. The molecule has 0 amide bonds. The smallest absolute Gasteiger partial charge is 0.284 e. The normalized spacial score (nSPS) is 22.8. The van der Waals surface area contributed by atoms with Crippen molar-refractivity contribution in [2.24, 2.45) is 5.41 Å². The van der Waals surface area contributed by atoms with Crippen molar-refractivity contribution in [2.75, 3.05) is 44.3 Å². The number of halogens is 2. The summed E-state index contributed by atoms with van der Waals surface area (Å²) >= 11 is 0. The highest BCUT2D eigenvalue weighted by Crippen LogP contribution is 2.43. The van der Waals surface area contributed by atoms with E-state index < -0.39 is 6.43 Å². The van der Waals surface area contributed by atoms with Crippen molar-refractivity contribution in [1.29, 1.82) is 0 Å². The quantitative estimate of drug-likeness (QED) is 0.867. The van der Waals surface area contributed by atoms with Crippen LogP contribution in [0, 0.1) is 5.41 Å². The Morgan fingerprint density at radius 1 is 1.18 bits per heavy atom. The molecule has 3 aliphatic rings. The Kier molecular flexibility index (Phi) is 4.59. The summed E-state index contributed by atoms with van der Waals surface area (Å²) in [5, 5.41) is 12.0. The zero-order chi connectivity index (χ0) is 19.1. The van der Waals surface area contributed by atoms with E-state index in [-0.39, 0.29) is 11.7 Å². The largest absolute Gasteiger partial charge is 0.378 e. The van der Waals surface area contributed by atoms with E-state index in [1.54, 1.807) is 21.8 Å². The molecular formula is C19H26F2N6O. The molecule has 4 heterocycles. The molecule has 1 saturated carbocycles. The fourth-order valence-electron chi connectivity index (χ4n) is 4.73. The molecule has 28 heavy (non-hydrogen) atoms. The molecule has 1 aliphatic carbocycles. The van der Waals surface area contributed by atoms with E-state index >= 15 is 0 Å². The van der Waals surface area contributed by atoms with Crippen LogP contribution in [-0.2, 0) is 4.74 Å². The summed E-state index contributed by atoms with van der Waals surface area (Å²) in [4.78, 5) is 2.12. The van der Waals surface area contributed by atoms with E-state index in [1.165, 1.54) is 0 Å². The molecule has 0 unspecified atom stereocenters. The molecular weight excluding hydrogens is 366 g/mol. The Morgan fingerprint density at radius 3 is 2.57 bits per heavy atom. The van der Waals surface area contributed by atoms with Crippen LogP contribution in [0.5, 0.6) is 0 Å². The van der Waals surface area contributed by atoms with Gasteiger partial charge < -0.3 is 15.0 Å². The Morgan fingerprint density at radius 2 is 1.93 bits per heavy atom. The predicted octanol–water partition coefficient (Wildman–Crippen LogP) is 2.55. The van der Waals surface area contributed by atoms with Gasteiger partial charge in [0, 0.05) is 32.2 Å². The first-order chi connectivity index (χ1) is 13.7. The number of aromatic nitrogens is 4. The van der Waals surface area contributed by atoms with Gasteiger partial charge >= 0.3 is 0 Å². The van der Waals surface area contributed by atoms with Crippen LogP contribution in [0.3, 0.4) is 0 Å². The number of anilines is 1. The molecule has 1 spiro atoms. The highest BCUT2D eigenvalue weighted by atomic mass is 19.3. The second-order valence-corrected chi connectivity index (χ2v) is 8.22. The standard InChI is InChI=1S/C19H26F2N6O/c20-18(21)17-15(27-16(3-6-23-27)25-7-9-28-10-8-25)11-26(24-17)14-1-4-19(5-2-14)12-22-13-19/h3,6,11,14,18,22H,1-2,4-5,7-10,12-13H2. The Labute approximate surface area is 162 Å². The number of hydrogen-bond acceptors (Lipinski definition) is 5. The van der Waals surface area contributed by atoms with Gasteiger partial charge in [-0.05, 0) is 31.1 Å². The fourth-order valence-corrected chi connectivity index (χ4v) is 4.73. The second-order valence-electron chi connectivity index (χ2n) is 8.22. The van der Waals surface area contributed by atoms with Crippen molar-refractivity contribution >= 4 is 5.82 Å². The van der Waals surface area contributed by atoms with Gasteiger partial charge in [-0.3, -0.25) is 4.68 Å². The molecule has 152 valence electrons. The molecule has 2 aliphatic heterocycles. The number of hydrogen-bond donors (Lipinski definition) is 1. The molecule has 2 aromatic rings. The van der Waals surface area contributed by atoms with Gasteiger partial charge in [0.2, 0.25) is 0 Å². The lowest BCUT2D eigenvalue weighted by Crippen LogP contribution is -2.54. The lowest BCUT2D eigenvalue weighted by Gasteiger charge is -2.47. The molecule has 9 heteroatoms. The summed E-state index contributed by atoms with van der Waals surface area (Å²) in [7, 11) is 0. The zero-order valence-corrected chi connectivity index (χ0v) is 15.9. The third-order valence-corrected chi connectivity index (χ3v) is 6.52. The molecule has 3 fully saturated rings. The average molecular weight is 392 g/mol. The minimum atomic E-state index is -2.64. The van der Waals surface area contributed by atoms with Crippen molar-refractivity contribution in [2.45, 2.75) is 38.2 Å².